The largest absolute Gasteiger partial charge is 0.311 e. The van der Waals surface area contributed by atoms with Gasteiger partial charge in [-0.1, -0.05) is 40.2 Å². The fourth-order valence-corrected chi connectivity index (χ4v) is 1.78. The molecule has 2 nitrogen and oxygen atoms in total. The molecular weight excluding hydrogens is 208 g/mol. The molecule has 17 heavy (non-hydrogen) atoms. The normalized spacial score (nSPS) is 11.8. The average Bonchev–Trinajstić information content (AvgIpc) is 2.25. The van der Waals surface area contributed by atoms with Crippen LogP contribution in [-0.2, 0) is 0 Å². The van der Waals surface area contributed by atoms with Crippen molar-refractivity contribution in [1.82, 2.24) is 10.2 Å². The average molecular weight is 240 g/mol. The molecule has 0 bridgehead atoms. The van der Waals surface area contributed by atoms with Crippen molar-refractivity contribution in [3.8, 4) is 0 Å². The molecular formula is C15H32N2. The standard InChI is InChI=1S/C15H32N2/c1-7-8-9-10-17(14(4)5)12-15(6)11-16-13(2)3/h13-14,16H,6-12H2,1-5H3. The van der Waals surface area contributed by atoms with E-state index < -0.39 is 0 Å². The monoisotopic (exact) mass is 240 g/mol. The second-order valence-electron chi connectivity index (χ2n) is 5.56. The van der Waals surface area contributed by atoms with Crippen LogP contribution in [0, 0.1) is 0 Å². The second-order valence-corrected chi connectivity index (χ2v) is 5.56. The summed E-state index contributed by atoms with van der Waals surface area (Å²) in [4.78, 5) is 2.53. The Balaban J connectivity index is 3.93. The zero-order valence-electron chi connectivity index (χ0n) is 12.6. The van der Waals surface area contributed by atoms with Gasteiger partial charge < -0.3 is 5.32 Å². The summed E-state index contributed by atoms with van der Waals surface area (Å²) in [5.74, 6) is 0. The Labute approximate surface area is 108 Å². The van der Waals surface area contributed by atoms with Gasteiger partial charge in [0.05, 0.1) is 0 Å². The summed E-state index contributed by atoms with van der Waals surface area (Å²) in [7, 11) is 0. The van der Waals surface area contributed by atoms with Gasteiger partial charge in [-0.05, 0) is 32.4 Å². The van der Waals surface area contributed by atoms with Gasteiger partial charge in [0, 0.05) is 25.2 Å². The van der Waals surface area contributed by atoms with Crippen molar-refractivity contribution in [3.05, 3.63) is 12.2 Å². The van der Waals surface area contributed by atoms with Gasteiger partial charge >= 0.3 is 0 Å². The molecule has 0 fully saturated rings. The number of hydrogen-bond acceptors (Lipinski definition) is 2. The molecule has 0 spiro atoms. The third-order valence-corrected chi connectivity index (χ3v) is 2.97. The van der Waals surface area contributed by atoms with E-state index in [4.69, 9.17) is 0 Å². The van der Waals surface area contributed by atoms with Crippen LogP contribution < -0.4 is 5.32 Å². The van der Waals surface area contributed by atoms with Gasteiger partial charge in [-0.3, -0.25) is 4.90 Å². The molecule has 0 saturated heterocycles. The number of nitrogens with one attached hydrogen (secondary N) is 1. The molecule has 0 radical (unpaired) electrons. The minimum atomic E-state index is 0.541. The summed E-state index contributed by atoms with van der Waals surface area (Å²) >= 11 is 0. The zero-order valence-corrected chi connectivity index (χ0v) is 12.6. The predicted octanol–water partition coefficient (Wildman–Crippen LogP) is 3.44. The molecule has 0 aliphatic heterocycles. The predicted molar refractivity (Wildman–Crippen MR) is 78.5 cm³/mol. The van der Waals surface area contributed by atoms with E-state index in [1.807, 2.05) is 0 Å². The lowest BCUT2D eigenvalue weighted by molar-refractivity contribution is 0.234. The lowest BCUT2D eigenvalue weighted by Gasteiger charge is -2.27. The van der Waals surface area contributed by atoms with Crippen LogP contribution in [0.1, 0.15) is 53.9 Å². The molecule has 0 atom stereocenters. The second kappa shape index (κ2) is 9.67. The quantitative estimate of drug-likeness (QED) is 0.465. The first-order chi connectivity index (χ1) is 7.97. The highest BCUT2D eigenvalue weighted by atomic mass is 15.1. The molecule has 102 valence electrons. The maximum Gasteiger partial charge on any atom is 0.0205 e. The Morgan fingerprint density at radius 3 is 2.29 bits per heavy atom. The molecule has 0 aromatic heterocycles. The van der Waals surface area contributed by atoms with Gasteiger partial charge in [0.15, 0.2) is 0 Å². The highest BCUT2D eigenvalue weighted by Gasteiger charge is 2.10. The summed E-state index contributed by atoms with van der Waals surface area (Å²) in [5, 5.41) is 3.43. The van der Waals surface area contributed by atoms with Crippen molar-refractivity contribution >= 4 is 0 Å². The van der Waals surface area contributed by atoms with Crippen LogP contribution in [0.25, 0.3) is 0 Å². The van der Waals surface area contributed by atoms with Crippen LogP contribution in [-0.4, -0.2) is 36.6 Å². The van der Waals surface area contributed by atoms with Crippen molar-refractivity contribution in [2.45, 2.75) is 66.0 Å². The Morgan fingerprint density at radius 1 is 1.18 bits per heavy atom. The Bertz CT molecular complexity index is 197. The molecule has 0 rings (SSSR count). The van der Waals surface area contributed by atoms with Crippen LogP contribution in [0.15, 0.2) is 12.2 Å². The van der Waals surface area contributed by atoms with E-state index in [1.165, 1.54) is 31.4 Å². The SMILES string of the molecule is C=C(CNC(C)C)CN(CCCCC)C(C)C. The molecule has 0 aliphatic carbocycles. The molecule has 0 aromatic rings. The molecule has 0 heterocycles. The molecule has 1 N–H and O–H groups in total. The first-order valence-corrected chi connectivity index (χ1v) is 7.11. The molecule has 0 aromatic carbocycles. The Morgan fingerprint density at radius 2 is 1.82 bits per heavy atom. The van der Waals surface area contributed by atoms with Gasteiger partial charge in [0.1, 0.15) is 0 Å². The minimum Gasteiger partial charge on any atom is -0.311 e. The smallest absolute Gasteiger partial charge is 0.0205 e. The lowest BCUT2D eigenvalue weighted by atomic mass is 10.2. The van der Waals surface area contributed by atoms with Crippen LogP contribution in [0.5, 0.6) is 0 Å². The number of rotatable bonds is 10. The fourth-order valence-electron chi connectivity index (χ4n) is 1.78. The first kappa shape index (κ1) is 16.7. The summed E-state index contributed by atoms with van der Waals surface area (Å²) < 4.78 is 0. The highest BCUT2D eigenvalue weighted by molar-refractivity contribution is 5.00. The van der Waals surface area contributed by atoms with E-state index in [0.717, 1.165) is 13.1 Å². The Kier molecular flexibility index (Phi) is 9.47. The third kappa shape index (κ3) is 9.37. The number of nitrogens with zero attached hydrogens (tertiary/aromatic N) is 1. The van der Waals surface area contributed by atoms with Gasteiger partial charge in [-0.15, -0.1) is 0 Å². The van der Waals surface area contributed by atoms with Gasteiger partial charge in [0.25, 0.3) is 0 Å². The number of unbranched alkanes of at least 4 members (excludes halogenated alkanes) is 2. The molecule has 0 amide bonds. The van der Waals surface area contributed by atoms with E-state index in [1.54, 1.807) is 0 Å². The van der Waals surface area contributed by atoms with Crippen molar-refractivity contribution in [1.29, 1.82) is 0 Å². The molecule has 2 heteroatoms. The molecule has 0 unspecified atom stereocenters. The van der Waals surface area contributed by atoms with Gasteiger partial charge in [0.2, 0.25) is 0 Å². The molecule has 0 saturated carbocycles. The topological polar surface area (TPSA) is 15.3 Å². The summed E-state index contributed by atoms with van der Waals surface area (Å²) in [6, 6.07) is 1.15. The lowest BCUT2D eigenvalue weighted by Crippen LogP contribution is -2.36. The van der Waals surface area contributed by atoms with Crippen molar-refractivity contribution in [2.24, 2.45) is 0 Å². The van der Waals surface area contributed by atoms with E-state index >= 15 is 0 Å². The summed E-state index contributed by atoms with van der Waals surface area (Å²) in [5.41, 5.74) is 1.30. The van der Waals surface area contributed by atoms with Crippen molar-refractivity contribution < 1.29 is 0 Å². The summed E-state index contributed by atoms with van der Waals surface area (Å²) in [6.07, 6.45) is 3.93. The maximum atomic E-state index is 4.17. The minimum absolute atomic E-state index is 0.541. The Hall–Kier alpha value is -0.340. The van der Waals surface area contributed by atoms with E-state index in [-0.39, 0.29) is 0 Å². The van der Waals surface area contributed by atoms with E-state index in [0.29, 0.717) is 12.1 Å². The zero-order chi connectivity index (χ0) is 13.3. The van der Waals surface area contributed by atoms with Crippen LogP contribution in [0.4, 0.5) is 0 Å². The fraction of sp³-hybridized carbons (Fsp3) is 0.867. The van der Waals surface area contributed by atoms with E-state index in [2.05, 4.69) is 51.4 Å². The van der Waals surface area contributed by atoms with Gasteiger partial charge in [-0.25, -0.2) is 0 Å². The van der Waals surface area contributed by atoms with Crippen molar-refractivity contribution in [2.75, 3.05) is 19.6 Å². The maximum absolute atomic E-state index is 4.17. The van der Waals surface area contributed by atoms with Crippen LogP contribution in [0.3, 0.4) is 0 Å². The first-order valence-electron chi connectivity index (χ1n) is 7.11. The van der Waals surface area contributed by atoms with E-state index in [9.17, 15) is 0 Å². The highest BCUT2D eigenvalue weighted by Crippen LogP contribution is 2.06. The van der Waals surface area contributed by atoms with Gasteiger partial charge in [-0.2, -0.15) is 0 Å². The van der Waals surface area contributed by atoms with Crippen LogP contribution in [0.2, 0.25) is 0 Å². The van der Waals surface area contributed by atoms with Crippen molar-refractivity contribution in [3.63, 3.8) is 0 Å². The number of hydrogen-bond donors (Lipinski definition) is 1. The summed E-state index contributed by atoms with van der Waals surface area (Å²) in [6.45, 7) is 18.5. The van der Waals surface area contributed by atoms with Crippen LogP contribution >= 0.6 is 0 Å². The third-order valence-electron chi connectivity index (χ3n) is 2.97. The molecule has 0 aliphatic rings.